The normalized spacial score (nSPS) is 56.1. The molecule has 0 N–H and O–H groups in total. The van der Waals surface area contributed by atoms with Crippen LogP contribution >= 0.6 is 0 Å². The smallest absolute Gasteiger partial charge is 0.0425 e. The Morgan fingerprint density at radius 2 is 1.06 bits per heavy atom. The van der Waals surface area contributed by atoms with Crippen LogP contribution in [0, 0.1) is 159 Å². The molecule has 2 aromatic rings. The van der Waals surface area contributed by atoms with Crippen molar-refractivity contribution >= 4 is 10.8 Å². The maximum Gasteiger partial charge on any atom is 0.0425 e. The topological polar surface area (TPSA) is 3.24 Å². The van der Waals surface area contributed by atoms with Crippen LogP contribution in [-0.4, -0.2) is 18.0 Å². The highest BCUT2D eigenvalue weighted by atomic mass is 15.2. The summed E-state index contributed by atoms with van der Waals surface area (Å²) in [6.07, 6.45) is 33.6. The number of unbranched alkanes of at least 4 members (excludes halogenated alkanes) is 13. The van der Waals surface area contributed by atoms with Crippen molar-refractivity contribution < 1.29 is 0 Å². The second-order valence-electron chi connectivity index (χ2n) is 29.9. The summed E-state index contributed by atoms with van der Waals surface area (Å²) in [6.45, 7) is 5.16. The van der Waals surface area contributed by atoms with Gasteiger partial charge < -0.3 is 0 Å². The van der Waals surface area contributed by atoms with Gasteiger partial charge in [-0.3, -0.25) is 4.90 Å². The molecule has 16 aliphatic carbocycles. The Kier molecular flexibility index (Phi) is 7.95. The van der Waals surface area contributed by atoms with Crippen molar-refractivity contribution in [1.29, 1.82) is 0 Å². The number of benzene rings is 2. The van der Waals surface area contributed by atoms with Crippen molar-refractivity contribution in [2.75, 3.05) is 13.1 Å². The third kappa shape index (κ3) is 4.40. The quantitative estimate of drug-likeness (QED) is 0.120. The van der Waals surface area contributed by atoms with E-state index < -0.39 is 0 Å². The molecule has 358 valence electrons. The zero-order chi connectivity index (χ0) is 43.6. The number of allylic oxidation sites excluding steroid dienone is 3. The molecule has 1 saturated heterocycles. The first-order valence-electron chi connectivity index (χ1n) is 31.4. The minimum atomic E-state index is 0.514. The van der Waals surface area contributed by atoms with Crippen LogP contribution in [0.4, 0.5) is 0 Å². The Labute approximate surface area is 410 Å². The number of hydrogen-bond donors (Lipinski definition) is 0. The Bertz CT molecular complexity index is 2550. The summed E-state index contributed by atoms with van der Waals surface area (Å²) >= 11 is 0. The van der Waals surface area contributed by atoms with Crippen molar-refractivity contribution in [2.24, 2.45) is 159 Å². The fraction of sp³-hybridized carbons (Fsp3) is 0.791. The van der Waals surface area contributed by atoms with Gasteiger partial charge in [0.05, 0.1) is 0 Å². The molecule has 2 aromatic carbocycles. The lowest BCUT2D eigenvalue weighted by Crippen LogP contribution is -2.59. The van der Waals surface area contributed by atoms with Crippen molar-refractivity contribution in [3.05, 3.63) is 70.3 Å². The van der Waals surface area contributed by atoms with Gasteiger partial charge in [-0.05, 0) is 228 Å². The number of rotatable bonds is 16. The minimum absolute atomic E-state index is 0.514. The first kappa shape index (κ1) is 39.6. The molecular weight excluding hydrogens is 819 g/mol. The lowest BCUT2D eigenvalue weighted by molar-refractivity contribution is -0.146. The highest BCUT2D eigenvalue weighted by Gasteiger charge is 2.88. The van der Waals surface area contributed by atoms with Gasteiger partial charge in [-0.25, -0.2) is 0 Å². The van der Waals surface area contributed by atoms with E-state index in [2.05, 4.69) is 76.6 Å². The van der Waals surface area contributed by atoms with E-state index in [1.165, 1.54) is 150 Å². The first-order chi connectivity index (χ1) is 33.7. The van der Waals surface area contributed by atoms with E-state index >= 15 is 0 Å². The fourth-order valence-corrected chi connectivity index (χ4v) is 29.1. The van der Waals surface area contributed by atoms with Gasteiger partial charge in [0, 0.05) is 24.4 Å². The molecule has 0 radical (unpaired) electrons. The Morgan fingerprint density at radius 3 is 1.79 bits per heavy atom. The van der Waals surface area contributed by atoms with Crippen molar-refractivity contribution in [2.45, 2.75) is 154 Å². The molecule has 0 bridgehead atoms. The molecule has 19 rings (SSSR count). The minimum Gasteiger partial charge on any atom is -0.295 e. The highest BCUT2D eigenvalue weighted by molar-refractivity contribution is 5.86. The van der Waals surface area contributed by atoms with Crippen molar-refractivity contribution in [1.82, 2.24) is 4.90 Å². The Balaban J connectivity index is 0.727. The van der Waals surface area contributed by atoms with Gasteiger partial charge in [-0.2, -0.15) is 0 Å². The second-order valence-corrected chi connectivity index (χ2v) is 29.9. The van der Waals surface area contributed by atoms with Gasteiger partial charge >= 0.3 is 0 Å². The van der Waals surface area contributed by atoms with Crippen LogP contribution in [0.3, 0.4) is 0 Å². The van der Waals surface area contributed by atoms with Crippen LogP contribution in [-0.2, 0) is 0 Å². The molecule has 1 nitrogen and oxygen atoms in total. The zero-order valence-electron chi connectivity index (χ0n) is 42.0. The largest absolute Gasteiger partial charge is 0.295 e. The first-order valence-corrected chi connectivity index (χ1v) is 31.4. The average molecular weight is 904 g/mol. The van der Waals surface area contributed by atoms with Gasteiger partial charge in [-0.1, -0.05) is 155 Å². The summed E-state index contributed by atoms with van der Waals surface area (Å²) in [5.74, 6) is 28.6. The third-order valence-electron chi connectivity index (χ3n) is 28.8. The summed E-state index contributed by atoms with van der Waals surface area (Å²) in [7, 11) is 0. The molecule has 14 fully saturated rings. The molecule has 1 spiro atoms. The van der Waals surface area contributed by atoms with Crippen LogP contribution in [0.1, 0.15) is 160 Å². The number of likely N-dealkylation sites (tertiary alicyclic amines) is 1. The predicted molar refractivity (Wildman–Crippen MR) is 273 cm³/mol. The molecule has 13 saturated carbocycles. The van der Waals surface area contributed by atoms with Crippen LogP contribution in [0.5, 0.6) is 0 Å². The molecule has 0 aromatic heterocycles. The molecule has 1 heteroatoms. The molecule has 1 aliphatic heterocycles. The van der Waals surface area contributed by atoms with Gasteiger partial charge in [-0.15, -0.1) is 0 Å². The maximum absolute atomic E-state index is 3.31. The summed E-state index contributed by atoms with van der Waals surface area (Å²) in [6, 6.07) is 18.0. The van der Waals surface area contributed by atoms with E-state index in [9.17, 15) is 0 Å². The van der Waals surface area contributed by atoms with Crippen LogP contribution in [0.25, 0.3) is 10.8 Å². The van der Waals surface area contributed by atoms with E-state index in [0.717, 1.165) is 118 Å². The van der Waals surface area contributed by atoms with E-state index in [4.69, 9.17) is 0 Å². The molecule has 28 atom stereocenters. The zero-order valence-corrected chi connectivity index (χ0v) is 42.0. The average Bonchev–Trinajstić information content (AvgIpc) is 4.22. The summed E-state index contributed by atoms with van der Waals surface area (Å²) in [5.41, 5.74) is 11.1. The summed E-state index contributed by atoms with van der Waals surface area (Å²) < 4.78 is 0. The van der Waals surface area contributed by atoms with Gasteiger partial charge in [0.15, 0.2) is 0 Å². The van der Waals surface area contributed by atoms with E-state index in [-0.39, 0.29) is 0 Å². The lowest BCUT2D eigenvalue weighted by atomic mass is 9.42. The van der Waals surface area contributed by atoms with E-state index in [1.807, 2.05) is 0 Å². The van der Waals surface area contributed by atoms with E-state index in [0.29, 0.717) is 11.5 Å². The molecule has 68 heavy (non-hydrogen) atoms. The number of fused-ring (bicyclic) bond motifs is 2. The molecule has 0 amide bonds. The Hall–Kier alpha value is -1.86. The van der Waals surface area contributed by atoms with E-state index in [1.54, 1.807) is 55.9 Å². The summed E-state index contributed by atoms with van der Waals surface area (Å²) in [4.78, 5) is 3.31. The molecular formula is C67H85N. The van der Waals surface area contributed by atoms with Gasteiger partial charge in [0.1, 0.15) is 0 Å². The molecule has 28 unspecified atom stereocenters. The number of hydrogen-bond acceptors (Lipinski definition) is 1. The van der Waals surface area contributed by atoms with Crippen LogP contribution in [0.15, 0.2) is 64.8 Å². The SMILES string of the molecule is CCCCCCCCCCCCCCCCN1CC23CC4CC5CC6CC7CC8CC9CC%10=C%11C%12C(=C(C%10)C2C1c1cccc2ccccc12)C1C2C%12C%10C(C%119)C8C8C7C6C6C5C(C2C6C8%10)C4C13. The lowest BCUT2D eigenvalue weighted by Gasteiger charge is -2.62. The molecule has 17 aliphatic rings. The Morgan fingerprint density at radius 1 is 0.500 bits per heavy atom. The predicted octanol–water partition coefficient (Wildman–Crippen LogP) is 15.6. The monoisotopic (exact) mass is 904 g/mol. The highest BCUT2D eigenvalue weighted by Crippen LogP contribution is 2.93. The van der Waals surface area contributed by atoms with Gasteiger partial charge in [0.2, 0.25) is 0 Å². The molecule has 1 heterocycles. The van der Waals surface area contributed by atoms with Crippen molar-refractivity contribution in [3.63, 3.8) is 0 Å². The van der Waals surface area contributed by atoms with Crippen LogP contribution in [0.2, 0.25) is 0 Å². The van der Waals surface area contributed by atoms with Crippen molar-refractivity contribution in [3.8, 4) is 0 Å². The standard InChI is InChI=1S/C67H85N/c1-2-3-4-5-6-7-8-9-10-11-12-13-14-17-23-68-32-67-31-40-29-38-27-35-24-34-25-37-26-36-28-39-30-43(64(67)66(68)42-22-18-20-33-19-15-16-21-41(33)42)51-56-47(39)46(36)53-48(37)52-44(34)45(35)54-49(38)55-50(40)65(67)63(51)62-60(55)58(54)57(52)59(53)61(56)62/h15-16,18-22,34-38,40,44-46,48-50,52-66H,2-14,17,23-32H2,1H3. The maximum atomic E-state index is 3.31. The second kappa shape index (κ2) is 13.6. The third-order valence-corrected chi connectivity index (χ3v) is 28.8. The van der Waals surface area contributed by atoms with Gasteiger partial charge in [0.25, 0.3) is 0 Å². The fourth-order valence-electron chi connectivity index (χ4n) is 29.1. The summed E-state index contributed by atoms with van der Waals surface area (Å²) in [5, 5.41) is 3.12. The van der Waals surface area contributed by atoms with Crippen LogP contribution < -0.4 is 0 Å². The number of nitrogens with zero attached hydrogens (tertiary/aromatic N) is 1.